The Balaban J connectivity index is 1.28. The Morgan fingerprint density at radius 3 is 1.89 bits per heavy atom. The number of nitro groups is 2. The molecule has 0 N–H and O–H groups in total. The number of non-ortho nitro benzene ring substituents is 2. The van der Waals surface area contributed by atoms with Gasteiger partial charge in [-0.2, -0.15) is 12.6 Å². The zero-order chi connectivity index (χ0) is 26.5. The molecule has 2 aliphatic rings. The zero-order valence-corrected chi connectivity index (χ0v) is 20.7. The van der Waals surface area contributed by atoms with Crippen molar-refractivity contribution in [2.45, 2.75) is 37.3 Å². The molecule has 0 radical (unpaired) electrons. The van der Waals surface area contributed by atoms with E-state index in [1.54, 1.807) is 34.1 Å². The van der Waals surface area contributed by atoms with Crippen molar-refractivity contribution < 1.29 is 28.9 Å². The van der Waals surface area contributed by atoms with Crippen molar-refractivity contribution in [3.63, 3.8) is 0 Å². The van der Waals surface area contributed by atoms with Gasteiger partial charge in [-0.1, -0.05) is 0 Å². The fourth-order valence-electron chi connectivity index (χ4n) is 4.66. The molecule has 3 atom stereocenters. The minimum Gasteiger partial charge on any atom is -0.445 e. The number of rotatable bonds is 7. The highest BCUT2D eigenvalue weighted by molar-refractivity contribution is 7.81. The van der Waals surface area contributed by atoms with Crippen LogP contribution in [0.2, 0.25) is 0 Å². The highest BCUT2D eigenvalue weighted by atomic mass is 32.1. The van der Waals surface area contributed by atoms with Gasteiger partial charge in [-0.15, -0.1) is 0 Å². The maximum atomic E-state index is 12.9. The molecule has 0 aliphatic carbocycles. The largest absolute Gasteiger partial charge is 0.445 e. The number of carbonyl (C=O) groups excluding carboxylic acids is 2. The Kier molecular flexibility index (Phi) is 8.11. The van der Waals surface area contributed by atoms with Crippen LogP contribution in [0.4, 0.5) is 21.0 Å². The van der Waals surface area contributed by atoms with Gasteiger partial charge >= 0.3 is 12.2 Å². The molecule has 2 aromatic rings. The lowest BCUT2D eigenvalue weighted by atomic mass is 9.97. The molecule has 0 aromatic heterocycles. The van der Waals surface area contributed by atoms with E-state index in [9.17, 15) is 29.8 Å². The van der Waals surface area contributed by atoms with E-state index < -0.39 is 22.0 Å². The van der Waals surface area contributed by atoms with Gasteiger partial charge in [0.15, 0.2) is 0 Å². The summed E-state index contributed by atoms with van der Waals surface area (Å²) in [7, 11) is 0. The summed E-state index contributed by atoms with van der Waals surface area (Å²) in [6.45, 7) is 1.33. The van der Waals surface area contributed by atoms with Crippen molar-refractivity contribution in [2.75, 3.05) is 19.6 Å². The van der Waals surface area contributed by atoms with Gasteiger partial charge in [0.05, 0.1) is 9.85 Å². The van der Waals surface area contributed by atoms with E-state index in [1.165, 1.54) is 24.3 Å². The molecule has 12 nitrogen and oxygen atoms in total. The quantitative estimate of drug-likeness (QED) is 0.319. The molecule has 37 heavy (non-hydrogen) atoms. The normalized spacial score (nSPS) is 21.1. The molecule has 2 amide bonds. The third-order valence-electron chi connectivity index (χ3n) is 6.60. The summed E-state index contributed by atoms with van der Waals surface area (Å²) < 4.78 is 10.9. The lowest BCUT2D eigenvalue weighted by Gasteiger charge is -2.28. The standard InChI is InChI=1S/C24H26N4O8S/c29-23(35-14-16-1-5-19(6-2-16)27(31)32)25-10-9-18(12-25)22-11-21(37)13-26(22)24(30)36-15-17-3-7-20(8-4-17)28(33)34/h1-8,18,21-22,37H,9-15H2/t18?,21-,22-/m0/s1. The molecule has 0 saturated carbocycles. The summed E-state index contributed by atoms with van der Waals surface area (Å²) in [5, 5.41) is 21.5. The van der Waals surface area contributed by atoms with Crippen molar-refractivity contribution in [2.24, 2.45) is 5.92 Å². The van der Waals surface area contributed by atoms with Gasteiger partial charge in [0, 0.05) is 55.2 Å². The van der Waals surface area contributed by atoms with Crippen molar-refractivity contribution in [3.8, 4) is 0 Å². The highest BCUT2D eigenvalue weighted by Crippen LogP contribution is 2.33. The van der Waals surface area contributed by atoms with Crippen LogP contribution in [0.5, 0.6) is 0 Å². The molecule has 4 rings (SSSR count). The van der Waals surface area contributed by atoms with E-state index in [4.69, 9.17) is 9.47 Å². The van der Waals surface area contributed by atoms with E-state index in [1.807, 2.05) is 0 Å². The van der Waals surface area contributed by atoms with Gasteiger partial charge in [0.2, 0.25) is 0 Å². The van der Waals surface area contributed by atoms with Gasteiger partial charge < -0.3 is 19.3 Å². The average Bonchev–Trinajstić information content (AvgIpc) is 3.53. The first-order chi connectivity index (χ1) is 17.7. The second-order valence-electron chi connectivity index (χ2n) is 9.06. The summed E-state index contributed by atoms with van der Waals surface area (Å²) in [6, 6.07) is 11.5. The first kappa shape index (κ1) is 26.2. The second kappa shape index (κ2) is 11.5. The Bertz CT molecular complexity index is 1160. The lowest BCUT2D eigenvalue weighted by molar-refractivity contribution is -0.385. The molecular formula is C24H26N4O8S. The minimum absolute atomic E-state index is 0.00122. The van der Waals surface area contributed by atoms with Crippen LogP contribution in [-0.2, 0) is 22.7 Å². The molecule has 2 aromatic carbocycles. The topological polar surface area (TPSA) is 145 Å². The Morgan fingerprint density at radius 1 is 0.865 bits per heavy atom. The number of likely N-dealkylation sites (tertiary alicyclic amines) is 2. The van der Waals surface area contributed by atoms with Gasteiger partial charge in [0.1, 0.15) is 13.2 Å². The van der Waals surface area contributed by atoms with Crippen molar-refractivity contribution in [1.29, 1.82) is 0 Å². The summed E-state index contributed by atoms with van der Waals surface area (Å²) in [4.78, 5) is 49.3. The summed E-state index contributed by atoms with van der Waals surface area (Å²) in [5.74, 6) is 0.0380. The fraction of sp³-hybridized carbons (Fsp3) is 0.417. The second-order valence-corrected chi connectivity index (χ2v) is 9.79. The summed E-state index contributed by atoms with van der Waals surface area (Å²) >= 11 is 4.56. The molecule has 2 fully saturated rings. The van der Waals surface area contributed by atoms with Crippen LogP contribution in [0, 0.1) is 26.1 Å². The van der Waals surface area contributed by atoms with Gasteiger partial charge in [-0.05, 0) is 54.2 Å². The first-order valence-corrected chi connectivity index (χ1v) is 12.2. The fourth-order valence-corrected chi connectivity index (χ4v) is 5.05. The number of carbonyl (C=O) groups is 2. The van der Waals surface area contributed by atoms with E-state index in [0.29, 0.717) is 43.6 Å². The number of hydrogen-bond acceptors (Lipinski definition) is 9. The van der Waals surface area contributed by atoms with Crippen LogP contribution in [-0.4, -0.2) is 62.8 Å². The zero-order valence-electron chi connectivity index (χ0n) is 19.8. The van der Waals surface area contributed by atoms with Crippen LogP contribution in [0.1, 0.15) is 24.0 Å². The Morgan fingerprint density at radius 2 is 1.38 bits per heavy atom. The van der Waals surface area contributed by atoms with Crippen LogP contribution < -0.4 is 0 Å². The van der Waals surface area contributed by atoms with Crippen LogP contribution >= 0.6 is 12.6 Å². The number of amides is 2. The Labute approximate surface area is 217 Å². The van der Waals surface area contributed by atoms with Crippen molar-refractivity contribution >= 4 is 36.2 Å². The van der Waals surface area contributed by atoms with Gasteiger partial charge in [-0.3, -0.25) is 20.2 Å². The number of nitro benzene ring substituents is 2. The van der Waals surface area contributed by atoms with Crippen LogP contribution in [0.3, 0.4) is 0 Å². The molecular weight excluding hydrogens is 504 g/mol. The van der Waals surface area contributed by atoms with Gasteiger partial charge in [-0.25, -0.2) is 9.59 Å². The number of hydrogen-bond donors (Lipinski definition) is 1. The maximum Gasteiger partial charge on any atom is 0.410 e. The first-order valence-electron chi connectivity index (χ1n) is 11.7. The summed E-state index contributed by atoms with van der Waals surface area (Å²) in [5.41, 5.74) is 1.21. The molecule has 2 saturated heterocycles. The third-order valence-corrected chi connectivity index (χ3v) is 6.98. The van der Waals surface area contributed by atoms with E-state index in [-0.39, 0.29) is 41.8 Å². The molecule has 0 bridgehead atoms. The van der Waals surface area contributed by atoms with E-state index in [0.717, 1.165) is 0 Å². The molecule has 2 heterocycles. The number of ether oxygens (including phenoxy) is 2. The van der Waals surface area contributed by atoms with Crippen molar-refractivity contribution in [1.82, 2.24) is 9.80 Å². The molecule has 0 spiro atoms. The third kappa shape index (κ3) is 6.47. The number of benzene rings is 2. The van der Waals surface area contributed by atoms with Gasteiger partial charge in [0.25, 0.3) is 11.4 Å². The molecule has 13 heteroatoms. The predicted octanol–water partition coefficient (Wildman–Crippen LogP) is 4.17. The predicted molar refractivity (Wildman–Crippen MR) is 134 cm³/mol. The Hall–Kier alpha value is -3.87. The molecule has 1 unspecified atom stereocenters. The average molecular weight is 531 g/mol. The molecule has 2 aliphatic heterocycles. The molecule has 196 valence electrons. The maximum absolute atomic E-state index is 12.9. The lowest BCUT2D eigenvalue weighted by Crippen LogP contribution is -2.41. The van der Waals surface area contributed by atoms with Crippen LogP contribution in [0.25, 0.3) is 0 Å². The van der Waals surface area contributed by atoms with E-state index in [2.05, 4.69) is 12.6 Å². The van der Waals surface area contributed by atoms with Crippen molar-refractivity contribution in [3.05, 3.63) is 79.9 Å². The smallest absolute Gasteiger partial charge is 0.410 e. The van der Waals surface area contributed by atoms with E-state index >= 15 is 0 Å². The number of nitrogens with zero attached hydrogens (tertiary/aromatic N) is 4. The number of thiol groups is 1. The highest BCUT2D eigenvalue weighted by Gasteiger charge is 2.42. The summed E-state index contributed by atoms with van der Waals surface area (Å²) in [6.07, 6.45) is 0.406. The monoisotopic (exact) mass is 530 g/mol. The minimum atomic E-state index is -0.493. The SMILES string of the molecule is O=C(OCc1ccc([N+](=O)[O-])cc1)N1CCC([C@@H]2C[C@H](S)CN2C(=O)OCc2ccc([N+](=O)[O-])cc2)C1. The van der Waals surface area contributed by atoms with Crippen LogP contribution in [0.15, 0.2) is 48.5 Å².